The first kappa shape index (κ1) is 14.8. The largest absolute Gasteiger partial charge is 0.497 e. The smallest absolute Gasteiger partial charge is 0.349 e. The molecular weight excluding hydrogens is 294 g/mol. The summed E-state index contributed by atoms with van der Waals surface area (Å²) < 4.78 is 10.4. The zero-order valence-electron chi connectivity index (χ0n) is 12.8. The first-order valence-electron chi connectivity index (χ1n) is 7.05. The first-order valence-corrected chi connectivity index (χ1v) is 7.05. The van der Waals surface area contributed by atoms with Gasteiger partial charge in [-0.1, -0.05) is 18.2 Å². The number of rotatable bonds is 3. The molecule has 23 heavy (non-hydrogen) atoms. The molecule has 5 heteroatoms. The van der Waals surface area contributed by atoms with Gasteiger partial charge >= 0.3 is 5.63 Å². The molecule has 1 aromatic heterocycles. The number of benzene rings is 2. The fourth-order valence-electron chi connectivity index (χ4n) is 2.33. The van der Waals surface area contributed by atoms with Crippen molar-refractivity contribution in [2.45, 2.75) is 0 Å². The fourth-order valence-corrected chi connectivity index (χ4v) is 2.33. The maximum atomic E-state index is 12.6. The molecule has 0 unspecified atom stereocenters. The predicted octanol–water partition coefficient (Wildman–Crippen LogP) is 3.08. The molecule has 0 atom stereocenters. The second-order valence-corrected chi connectivity index (χ2v) is 5.05. The van der Waals surface area contributed by atoms with Crippen molar-refractivity contribution in [1.82, 2.24) is 0 Å². The summed E-state index contributed by atoms with van der Waals surface area (Å²) in [5, 5.41) is 0.633. The van der Waals surface area contributed by atoms with E-state index in [0.29, 0.717) is 22.4 Å². The van der Waals surface area contributed by atoms with Gasteiger partial charge in [0.2, 0.25) is 0 Å². The number of anilines is 1. The van der Waals surface area contributed by atoms with Crippen LogP contribution in [0.1, 0.15) is 10.4 Å². The van der Waals surface area contributed by atoms with Gasteiger partial charge in [0.15, 0.2) is 0 Å². The van der Waals surface area contributed by atoms with Crippen molar-refractivity contribution >= 4 is 22.6 Å². The molecule has 5 nitrogen and oxygen atoms in total. The van der Waals surface area contributed by atoms with E-state index in [1.807, 2.05) is 18.2 Å². The van der Waals surface area contributed by atoms with E-state index in [4.69, 9.17) is 9.15 Å². The Hall–Kier alpha value is -3.08. The predicted molar refractivity (Wildman–Crippen MR) is 88.2 cm³/mol. The Morgan fingerprint density at radius 2 is 1.83 bits per heavy atom. The van der Waals surface area contributed by atoms with Gasteiger partial charge in [-0.25, -0.2) is 4.79 Å². The molecule has 0 saturated carbocycles. The van der Waals surface area contributed by atoms with Crippen molar-refractivity contribution in [3.8, 4) is 5.75 Å². The monoisotopic (exact) mass is 309 g/mol. The summed E-state index contributed by atoms with van der Waals surface area (Å²) in [6, 6.07) is 15.7. The molecule has 0 fully saturated rings. The molecule has 1 amide bonds. The third kappa shape index (κ3) is 2.81. The van der Waals surface area contributed by atoms with Gasteiger partial charge in [-0.3, -0.25) is 4.79 Å². The van der Waals surface area contributed by atoms with E-state index >= 15 is 0 Å². The highest BCUT2D eigenvalue weighted by molar-refractivity contribution is 6.06. The Morgan fingerprint density at radius 3 is 2.52 bits per heavy atom. The normalized spacial score (nSPS) is 10.5. The fraction of sp³-hybridized carbons (Fsp3) is 0.111. The van der Waals surface area contributed by atoms with E-state index in [1.165, 1.54) is 11.0 Å². The Kier molecular flexibility index (Phi) is 3.85. The number of hydrogen-bond donors (Lipinski definition) is 0. The van der Waals surface area contributed by atoms with E-state index in [-0.39, 0.29) is 5.56 Å². The molecule has 0 saturated heterocycles. The summed E-state index contributed by atoms with van der Waals surface area (Å²) in [4.78, 5) is 26.1. The standard InChI is InChI=1S/C18H15NO4/c1-19(13-6-4-3-5-7-13)17(20)15-11-12-10-14(22-2)8-9-16(12)23-18(15)21/h3-11H,1-2H3. The lowest BCUT2D eigenvalue weighted by Crippen LogP contribution is -2.30. The zero-order chi connectivity index (χ0) is 16.4. The van der Waals surface area contributed by atoms with E-state index < -0.39 is 11.5 Å². The van der Waals surface area contributed by atoms with Crippen LogP contribution in [0.4, 0.5) is 5.69 Å². The van der Waals surface area contributed by atoms with Gasteiger partial charge in [0.05, 0.1) is 7.11 Å². The Labute approximate surface area is 132 Å². The second-order valence-electron chi connectivity index (χ2n) is 5.05. The number of fused-ring (bicyclic) bond motifs is 1. The molecule has 2 aromatic carbocycles. The van der Waals surface area contributed by atoms with Gasteiger partial charge in [0.25, 0.3) is 5.91 Å². The van der Waals surface area contributed by atoms with E-state index in [9.17, 15) is 9.59 Å². The summed E-state index contributed by atoms with van der Waals surface area (Å²) in [5.74, 6) is 0.204. The molecule has 0 bridgehead atoms. The number of amides is 1. The van der Waals surface area contributed by atoms with Crippen molar-refractivity contribution in [3.05, 3.63) is 70.6 Å². The first-order chi connectivity index (χ1) is 11.1. The van der Waals surface area contributed by atoms with Gasteiger partial charge in [0.1, 0.15) is 16.9 Å². The highest BCUT2D eigenvalue weighted by atomic mass is 16.5. The highest BCUT2D eigenvalue weighted by Crippen LogP contribution is 2.21. The Bertz CT molecular complexity index is 915. The number of para-hydroxylation sites is 1. The van der Waals surface area contributed by atoms with Crippen molar-refractivity contribution in [3.63, 3.8) is 0 Å². The van der Waals surface area contributed by atoms with Crippen LogP contribution in [0, 0.1) is 0 Å². The number of carbonyl (C=O) groups excluding carboxylic acids is 1. The SMILES string of the molecule is COc1ccc2oc(=O)c(C(=O)N(C)c3ccccc3)cc2c1. The molecule has 0 spiro atoms. The Morgan fingerprint density at radius 1 is 1.09 bits per heavy atom. The minimum absolute atomic E-state index is 0.0166. The van der Waals surface area contributed by atoms with Crippen LogP contribution in [0.2, 0.25) is 0 Å². The molecule has 3 rings (SSSR count). The number of methoxy groups -OCH3 is 1. The molecule has 0 aliphatic heterocycles. The number of hydrogen-bond acceptors (Lipinski definition) is 4. The summed E-state index contributed by atoms with van der Waals surface area (Å²) in [6.45, 7) is 0. The number of carbonyl (C=O) groups is 1. The third-order valence-corrected chi connectivity index (χ3v) is 3.62. The second kappa shape index (κ2) is 5.96. The van der Waals surface area contributed by atoms with E-state index in [0.717, 1.165) is 0 Å². The average Bonchev–Trinajstić information content (AvgIpc) is 2.60. The van der Waals surface area contributed by atoms with E-state index in [1.54, 1.807) is 44.5 Å². The summed E-state index contributed by atoms with van der Waals surface area (Å²) in [6.07, 6.45) is 0. The molecule has 116 valence electrons. The van der Waals surface area contributed by atoms with Gasteiger partial charge in [-0.05, 0) is 36.4 Å². The molecule has 3 aromatic rings. The maximum Gasteiger partial charge on any atom is 0.349 e. The number of ether oxygens (including phenoxy) is 1. The zero-order valence-corrected chi connectivity index (χ0v) is 12.8. The van der Waals surface area contributed by atoms with Crippen LogP contribution in [0.15, 0.2) is 63.8 Å². The van der Waals surface area contributed by atoms with Crippen molar-refractivity contribution < 1.29 is 13.9 Å². The molecule has 0 aliphatic rings. The van der Waals surface area contributed by atoms with Gasteiger partial charge in [0, 0.05) is 18.1 Å². The lowest BCUT2D eigenvalue weighted by Gasteiger charge is -2.16. The van der Waals surface area contributed by atoms with Gasteiger partial charge < -0.3 is 14.1 Å². The van der Waals surface area contributed by atoms with Crippen molar-refractivity contribution in [2.24, 2.45) is 0 Å². The lowest BCUT2D eigenvalue weighted by molar-refractivity contribution is 0.0989. The van der Waals surface area contributed by atoms with Crippen LogP contribution < -0.4 is 15.3 Å². The van der Waals surface area contributed by atoms with Gasteiger partial charge in [-0.15, -0.1) is 0 Å². The van der Waals surface area contributed by atoms with Crippen LogP contribution in [0.25, 0.3) is 11.0 Å². The molecule has 0 radical (unpaired) electrons. The lowest BCUT2D eigenvalue weighted by atomic mass is 10.1. The van der Waals surface area contributed by atoms with Crippen LogP contribution >= 0.6 is 0 Å². The molecule has 1 heterocycles. The van der Waals surface area contributed by atoms with Crippen LogP contribution in [-0.2, 0) is 0 Å². The Balaban J connectivity index is 2.06. The molecule has 0 N–H and O–H groups in total. The quantitative estimate of drug-likeness (QED) is 0.698. The van der Waals surface area contributed by atoms with Gasteiger partial charge in [-0.2, -0.15) is 0 Å². The minimum atomic E-state index is -0.657. The summed E-state index contributed by atoms with van der Waals surface area (Å²) >= 11 is 0. The average molecular weight is 309 g/mol. The summed E-state index contributed by atoms with van der Waals surface area (Å²) in [7, 11) is 3.17. The molecule has 0 aliphatic carbocycles. The van der Waals surface area contributed by atoms with Crippen molar-refractivity contribution in [2.75, 3.05) is 19.1 Å². The summed E-state index contributed by atoms with van der Waals surface area (Å²) in [5.41, 5.74) is 0.435. The van der Waals surface area contributed by atoms with Crippen LogP contribution in [0.5, 0.6) is 5.75 Å². The number of nitrogens with zero attached hydrogens (tertiary/aromatic N) is 1. The van der Waals surface area contributed by atoms with Crippen LogP contribution in [-0.4, -0.2) is 20.1 Å². The molecular formula is C18H15NO4. The van der Waals surface area contributed by atoms with E-state index in [2.05, 4.69) is 0 Å². The van der Waals surface area contributed by atoms with Crippen LogP contribution in [0.3, 0.4) is 0 Å². The third-order valence-electron chi connectivity index (χ3n) is 3.62. The topological polar surface area (TPSA) is 59.8 Å². The minimum Gasteiger partial charge on any atom is -0.497 e. The highest BCUT2D eigenvalue weighted by Gasteiger charge is 2.19. The van der Waals surface area contributed by atoms with Crippen molar-refractivity contribution in [1.29, 1.82) is 0 Å². The maximum absolute atomic E-state index is 12.6.